The average Bonchev–Trinajstić information content (AvgIpc) is 2.73. The number of benzene rings is 2. The first-order valence-corrected chi connectivity index (χ1v) is 11.7. The number of carbonyl (C=O) groups is 1. The van der Waals surface area contributed by atoms with E-state index in [1.165, 1.54) is 5.56 Å². The molecule has 1 amide bonds. The summed E-state index contributed by atoms with van der Waals surface area (Å²) in [5.74, 6) is -0.0665. The summed E-state index contributed by atoms with van der Waals surface area (Å²) in [5, 5.41) is 0. The quantitative estimate of drug-likeness (QED) is 0.772. The Morgan fingerprint density at radius 2 is 1.62 bits per heavy atom. The van der Waals surface area contributed by atoms with Gasteiger partial charge in [0, 0.05) is 44.0 Å². The summed E-state index contributed by atoms with van der Waals surface area (Å²) in [6.07, 6.45) is 1.94. The Hall–Kier alpha value is -2.22. The molecule has 0 radical (unpaired) electrons. The summed E-state index contributed by atoms with van der Waals surface area (Å²) in [6.45, 7) is 3.27. The molecule has 0 bridgehead atoms. The summed E-state index contributed by atoms with van der Waals surface area (Å²) in [7, 11) is -1.34. The van der Waals surface area contributed by atoms with Gasteiger partial charge in [0.1, 0.15) is 0 Å². The van der Waals surface area contributed by atoms with Gasteiger partial charge in [-0.15, -0.1) is 0 Å². The molecule has 0 N–H and O–H groups in total. The van der Waals surface area contributed by atoms with Crippen molar-refractivity contribution in [2.75, 3.05) is 44.7 Å². The lowest BCUT2D eigenvalue weighted by Crippen LogP contribution is -2.47. The zero-order valence-corrected chi connectivity index (χ0v) is 17.6. The van der Waals surface area contributed by atoms with Gasteiger partial charge >= 0.3 is 0 Å². The normalized spacial score (nSPS) is 18.4. The minimum Gasteiger partial charge on any atom is -0.308 e. The molecule has 0 spiro atoms. The van der Waals surface area contributed by atoms with Crippen molar-refractivity contribution in [3.63, 3.8) is 0 Å². The molecule has 0 saturated carbocycles. The Morgan fingerprint density at radius 1 is 0.931 bits per heavy atom. The third kappa shape index (κ3) is 4.37. The first-order valence-electron chi connectivity index (χ1n) is 10.1. The van der Waals surface area contributed by atoms with E-state index in [-0.39, 0.29) is 11.7 Å². The van der Waals surface area contributed by atoms with Crippen LogP contribution in [0.4, 0.5) is 5.69 Å². The minimum atomic E-state index is -3.34. The van der Waals surface area contributed by atoms with Crippen LogP contribution >= 0.6 is 0 Å². The van der Waals surface area contributed by atoms with Gasteiger partial charge in [-0.25, -0.2) is 8.42 Å². The molecule has 0 aromatic heterocycles. The number of piperazine rings is 1. The Morgan fingerprint density at radius 3 is 2.34 bits per heavy atom. The van der Waals surface area contributed by atoms with Crippen LogP contribution < -0.4 is 4.90 Å². The van der Waals surface area contributed by atoms with Crippen LogP contribution in [0.15, 0.2) is 48.5 Å². The van der Waals surface area contributed by atoms with E-state index in [4.69, 9.17) is 0 Å². The fourth-order valence-electron chi connectivity index (χ4n) is 4.01. The fraction of sp³-hybridized carbons (Fsp3) is 0.409. The van der Waals surface area contributed by atoms with Gasteiger partial charge < -0.3 is 9.80 Å². The fourth-order valence-corrected chi connectivity index (χ4v) is 5.53. The molecule has 1 fully saturated rings. The number of carbonyl (C=O) groups excluding carboxylic acids is 1. The predicted octanol–water partition coefficient (Wildman–Crippen LogP) is 2.36. The van der Waals surface area contributed by atoms with E-state index in [1.54, 1.807) is 28.6 Å². The number of hydrogen-bond acceptors (Lipinski definition) is 4. The van der Waals surface area contributed by atoms with E-state index in [9.17, 15) is 13.2 Å². The number of aryl methyl sites for hydroxylation is 1. The summed E-state index contributed by atoms with van der Waals surface area (Å²) in [5.41, 5.74) is 3.47. The molecule has 0 unspecified atom stereocenters. The smallest absolute Gasteiger partial charge is 0.258 e. The van der Waals surface area contributed by atoms with Crippen LogP contribution in [-0.2, 0) is 22.2 Å². The Kier molecular flexibility index (Phi) is 5.72. The second kappa shape index (κ2) is 8.26. The van der Waals surface area contributed by atoms with E-state index in [1.807, 2.05) is 30.1 Å². The van der Waals surface area contributed by atoms with Crippen LogP contribution in [0.2, 0.25) is 0 Å². The number of nitrogens with zero attached hydrogens (tertiary/aromatic N) is 3. The van der Waals surface area contributed by atoms with Gasteiger partial charge in [-0.2, -0.15) is 4.31 Å². The van der Waals surface area contributed by atoms with Gasteiger partial charge in [-0.3, -0.25) is 4.79 Å². The average molecular weight is 414 g/mol. The van der Waals surface area contributed by atoms with Crippen molar-refractivity contribution >= 4 is 21.6 Å². The molecule has 2 aromatic rings. The standard InChI is InChI=1S/C22H27N3O3S/c1-23-13-15-24(16-14-23)29(27,28)17-18-8-10-20(11-9-18)22(26)25-12-4-6-19-5-2-3-7-21(19)25/h2-3,5,7-11H,4,6,12-17H2,1H3. The summed E-state index contributed by atoms with van der Waals surface area (Å²) in [6, 6.07) is 15.0. The third-order valence-corrected chi connectivity index (χ3v) is 7.61. The van der Waals surface area contributed by atoms with Gasteiger partial charge in [-0.05, 0) is 49.2 Å². The van der Waals surface area contributed by atoms with E-state index >= 15 is 0 Å². The molecule has 2 aliphatic heterocycles. The highest BCUT2D eigenvalue weighted by Crippen LogP contribution is 2.28. The second-order valence-electron chi connectivity index (χ2n) is 7.84. The maximum absolute atomic E-state index is 13.0. The summed E-state index contributed by atoms with van der Waals surface area (Å²) < 4.78 is 27.0. The number of amides is 1. The molecule has 29 heavy (non-hydrogen) atoms. The van der Waals surface area contributed by atoms with E-state index in [0.717, 1.165) is 31.6 Å². The lowest BCUT2D eigenvalue weighted by Gasteiger charge is -2.31. The van der Waals surface area contributed by atoms with Crippen molar-refractivity contribution in [1.82, 2.24) is 9.21 Å². The van der Waals surface area contributed by atoms with Crippen LogP contribution in [0.5, 0.6) is 0 Å². The van der Waals surface area contributed by atoms with Crippen LogP contribution in [0, 0.1) is 0 Å². The number of likely N-dealkylation sites (N-methyl/N-ethyl adjacent to an activating group) is 1. The highest BCUT2D eigenvalue weighted by atomic mass is 32.2. The van der Waals surface area contributed by atoms with Gasteiger partial charge in [0.15, 0.2) is 0 Å². The van der Waals surface area contributed by atoms with Crippen molar-refractivity contribution < 1.29 is 13.2 Å². The first kappa shape index (κ1) is 20.1. The molecule has 2 heterocycles. The van der Waals surface area contributed by atoms with Crippen molar-refractivity contribution in [3.8, 4) is 0 Å². The zero-order chi connectivity index (χ0) is 20.4. The van der Waals surface area contributed by atoms with Crippen molar-refractivity contribution in [3.05, 3.63) is 65.2 Å². The molecule has 4 rings (SSSR count). The van der Waals surface area contributed by atoms with E-state index in [2.05, 4.69) is 11.0 Å². The van der Waals surface area contributed by atoms with Crippen LogP contribution in [0.3, 0.4) is 0 Å². The van der Waals surface area contributed by atoms with Crippen molar-refractivity contribution in [2.45, 2.75) is 18.6 Å². The molecule has 2 aliphatic rings. The SMILES string of the molecule is CN1CCN(S(=O)(=O)Cc2ccc(C(=O)N3CCCc4ccccc43)cc2)CC1. The Labute approximate surface area is 172 Å². The zero-order valence-electron chi connectivity index (χ0n) is 16.8. The molecule has 0 atom stereocenters. The molecule has 7 heteroatoms. The van der Waals surface area contributed by atoms with Gasteiger partial charge in [-0.1, -0.05) is 30.3 Å². The van der Waals surface area contributed by atoms with Crippen molar-refractivity contribution in [2.24, 2.45) is 0 Å². The lowest BCUT2D eigenvalue weighted by molar-refractivity contribution is 0.0985. The number of para-hydroxylation sites is 1. The monoisotopic (exact) mass is 413 g/mol. The summed E-state index contributed by atoms with van der Waals surface area (Å²) >= 11 is 0. The van der Waals surface area contributed by atoms with Gasteiger partial charge in [0.05, 0.1) is 5.75 Å². The second-order valence-corrected chi connectivity index (χ2v) is 9.81. The maximum atomic E-state index is 13.0. The van der Waals surface area contributed by atoms with Gasteiger partial charge in [0.25, 0.3) is 5.91 Å². The number of anilines is 1. The Bertz CT molecular complexity index is 981. The molecule has 2 aromatic carbocycles. The van der Waals surface area contributed by atoms with Gasteiger partial charge in [0.2, 0.25) is 10.0 Å². The molecular formula is C22H27N3O3S. The van der Waals surface area contributed by atoms with Crippen molar-refractivity contribution in [1.29, 1.82) is 0 Å². The van der Waals surface area contributed by atoms with Crippen LogP contribution in [0.1, 0.15) is 27.9 Å². The number of fused-ring (bicyclic) bond motifs is 1. The molecular weight excluding hydrogens is 386 g/mol. The maximum Gasteiger partial charge on any atom is 0.258 e. The highest BCUT2D eigenvalue weighted by molar-refractivity contribution is 7.88. The predicted molar refractivity (Wildman–Crippen MR) is 115 cm³/mol. The lowest BCUT2D eigenvalue weighted by atomic mass is 10.0. The van der Waals surface area contributed by atoms with Crippen LogP contribution in [0.25, 0.3) is 0 Å². The van der Waals surface area contributed by atoms with E-state index in [0.29, 0.717) is 30.8 Å². The molecule has 6 nitrogen and oxygen atoms in total. The van der Waals surface area contributed by atoms with E-state index < -0.39 is 10.0 Å². The largest absolute Gasteiger partial charge is 0.308 e. The number of hydrogen-bond donors (Lipinski definition) is 0. The number of rotatable bonds is 4. The Balaban J connectivity index is 1.46. The number of sulfonamides is 1. The molecule has 0 aliphatic carbocycles. The molecule has 154 valence electrons. The first-order chi connectivity index (χ1) is 13.9. The highest BCUT2D eigenvalue weighted by Gasteiger charge is 2.26. The topological polar surface area (TPSA) is 60.9 Å². The third-order valence-electron chi connectivity index (χ3n) is 5.76. The van der Waals surface area contributed by atoms with Crippen LogP contribution in [-0.4, -0.2) is 63.3 Å². The summed E-state index contributed by atoms with van der Waals surface area (Å²) in [4.78, 5) is 17.0. The minimum absolute atomic E-state index is 0.0300. The molecule has 1 saturated heterocycles.